The minimum absolute atomic E-state index is 0.00607. The predicted octanol–water partition coefficient (Wildman–Crippen LogP) is 2.71. The van der Waals surface area contributed by atoms with Gasteiger partial charge in [0.25, 0.3) is 0 Å². The molecule has 3 N–H and O–H groups in total. The van der Waals surface area contributed by atoms with Crippen LogP contribution in [0.25, 0.3) is 0 Å². The Hall–Kier alpha value is -1.98. The van der Waals surface area contributed by atoms with Gasteiger partial charge in [-0.1, -0.05) is 12.8 Å². The number of amides is 3. The molecule has 1 atom stereocenters. The van der Waals surface area contributed by atoms with E-state index in [0.717, 1.165) is 29.9 Å². The van der Waals surface area contributed by atoms with E-state index in [1.54, 1.807) is 0 Å². The normalized spacial score (nSPS) is 16.1. The summed E-state index contributed by atoms with van der Waals surface area (Å²) in [5, 5.41) is 8.59. The number of carbonyl (C=O) groups is 2. The van der Waals surface area contributed by atoms with Crippen molar-refractivity contribution in [1.29, 1.82) is 0 Å². The Morgan fingerprint density at radius 2 is 2.00 bits per heavy atom. The minimum Gasteiger partial charge on any atom is -0.466 e. The summed E-state index contributed by atoms with van der Waals surface area (Å²) in [6.45, 7) is 6.00. The van der Waals surface area contributed by atoms with Crippen LogP contribution in [-0.2, 0) is 4.79 Å². The predicted molar refractivity (Wildman–Crippen MR) is 88.1 cm³/mol. The second-order valence-electron chi connectivity index (χ2n) is 6.29. The van der Waals surface area contributed by atoms with Crippen LogP contribution in [0.2, 0.25) is 0 Å². The van der Waals surface area contributed by atoms with E-state index in [0.29, 0.717) is 19.0 Å². The van der Waals surface area contributed by atoms with Crippen LogP contribution in [-0.4, -0.2) is 24.5 Å². The number of hydrogen-bond donors (Lipinski definition) is 3. The highest BCUT2D eigenvalue weighted by molar-refractivity contribution is 5.78. The number of urea groups is 1. The second-order valence-corrected chi connectivity index (χ2v) is 6.29. The molecule has 23 heavy (non-hydrogen) atoms. The summed E-state index contributed by atoms with van der Waals surface area (Å²) in [4.78, 5) is 23.7. The zero-order chi connectivity index (χ0) is 16.8. The molecule has 1 aliphatic carbocycles. The molecule has 128 valence electrons. The first-order valence-corrected chi connectivity index (χ1v) is 8.36. The molecule has 0 aromatic carbocycles. The topological polar surface area (TPSA) is 83.4 Å². The number of furan rings is 1. The zero-order valence-electron chi connectivity index (χ0n) is 14.2. The fourth-order valence-corrected chi connectivity index (χ4v) is 3.07. The molecule has 1 fully saturated rings. The molecule has 6 heteroatoms. The first-order chi connectivity index (χ1) is 11.0. The molecule has 0 saturated heterocycles. The number of hydrogen-bond acceptors (Lipinski definition) is 3. The highest BCUT2D eigenvalue weighted by Gasteiger charge is 2.17. The average Bonchev–Trinajstić information content (AvgIpc) is 3.08. The lowest BCUT2D eigenvalue weighted by molar-refractivity contribution is -0.121. The Morgan fingerprint density at radius 3 is 2.61 bits per heavy atom. The minimum atomic E-state index is -0.274. The van der Waals surface area contributed by atoms with Crippen molar-refractivity contribution in [2.45, 2.75) is 65.0 Å². The van der Waals surface area contributed by atoms with Crippen LogP contribution in [0.3, 0.4) is 0 Å². The summed E-state index contributed by atoms with van der Waals surface area (Å²) < 4.78 is 5.47. The molecule has 2 rings (SSSR count). The molecule has 0 unspecified atom stereocenters. The molecule has 0 spiro atoms. The van der Waals surface area contributed by atoms with E-state index in [9.17, 15) is 9.59 Å². The van der Waals surface area contributed by atoms with Crippen molar-refractivity contribution in [3.8, 4) is 0 Å². The van der Waals surface area contributed by atoms with Crippen LogP contribution in [0.5, 0.6) is 0 Å². The first-order valence-electron chi connectivity index (χ1n) is 8.36. The summed E-state index contributed by atoms with van der Waals surface area (Å²) in [7, 11) is 0. The van der Waals surface area contributed by atoms with Gasteiger partial charge in [-0.2, -0.15) is 0 Å². The highest BCUT2D eigenvalue weighted by atomic mass is 16.3. The van der Waals surface area contributed by atoms with Gasteiger partial charge < -0.3 is 20.4 Å². The maximum atomic E-state index is 11.9. The van der Waals surface area contributed by atoms with Crippen LogP contribution < -0.4 is 16.0 Å². The lowest BCUT2D eigenvalue weighted by Gasteiger charge is -2.15. The molecule has 0 radical (unpaired) electrons. The van der Waals surface area contributed by atoms with Gasteiger partial charge >= 0.3 is 6.03 Å². The van der Waals surface area contributed by atoms with Gasteiger partial charge in [-0.15, -0.1) is 0 Å². The largest absolute Gasteiger partial charge is 0.466 e. The first kappa shape index (κ1) is 17.4. The van der Waals surface area contributed by atoms with Crippen molar-refractivity contribution in [1.82, 2.24) is 16.0 Å². The summed E-state index contributed by atoms with van der Waals surface area (Å²) in [5.74, 6) is 1.65. The van der Waals surface area contributed by atoms with E-state index in [2.05, 4.69) is 16.0 Å². The molecular formula is C17H27N3O3. The Bertz CT molecular complexity index is 547. The molecule has 3 amide bonds. The third kappa shape index (κ3) is 5.30. The number of carbonyl (C=O) groups excluding carboxylic acids is 2. The van der Waals surface area contributed by atoms with Gasteiger partial charge in [0, 0.05) is 24.6 Å². The van der Waals surface area contributed by atoms with Crippen LogP contribution in [0.15, 0.2) is 10.5 Å². The molecule has 6 nitrogen and oxygen atoms in total. The van der Waals surface area contributed by atoms with E-state index in [-0.39, 0.29) is 18.0 Å². The third-order valence-electron chi connectivity index (χ3n) is 4.25. The quantitative estimate of drug-likeness (QED) is 0.753. The summed E-state index contributed by atoms with van der Waals surface area (Å²) in [5.41, 5.74) is 0.969. The van der Waals surface area contributed by atoms with Crippen molar-refractivity contribution in [3.63, 3.8) is 0 Å². The van der Waals surface area contributed by atoms with Gasteiger partial charge in [0.15, 0.2) is 0 Å². The lowest BCUT2D eigenvalue weighted by Crippen LogP contribution is -2.40. The van der Waals surface area contributed by atoms with Gasteiger partial charge in [-0.25, -0.2) is 4.79 Å². The average molecular weight is 321 g/mol. The third-order valence-corrected chi connectivity index (χ3v) is 4.25. The van der Waals surface area contributed by atoms with E-state index in [1.807, 2.05) is 26.8 Å². The molecule has 0 bridgehead atoms. The maximum absolute atomic E-state index is 11.9. The molecule has 1 aromatic rings. The van der Waals surface area contributed by atoms with Crippen molar-refractivity contribution in [2.75, 3.05) is 6.54 Å². The van der Waals surface area contributed by atoms with Crippen LogP contribution in [0.1, 0.15) is 62.2 Å². The number of aryl methyl sites for hydroxylation is 2. The molecule has 1 aromatic heterocycles. The number of nitrogens with one attached hydrogen (secondary N) is 3. The molecule has 1 heterocycles. The Morgan fingerprint density at radius 1 is 1.30 bits per heavy atom. The van der Waals surface area contributed by atoms with Crippen molar-refractivity contribution < 1.29 is 14.0 Å². The molecule has 0 aliphatic heterocycles. The highest BCUT2D eigenvalue weighted by Crippen LogP contribution is 2.21. The SMILES string of the molecule is Cc1cc([C@@H](C)NC(=O)NCCC(=O)NC2CCCC2)c(C)o1. The summed E-state index contributed by atoms with van der Waals surface area (Å²) in [6, 6.07) is 1.84. The van der Waals surface area contributed by atoms with E-state index in [1.165, 1.54) is 12.8 Å². The summed E-state index contributed by atoms with van der Waals surface area (Å²) in [6.07, 6.45) is 4.83. The van der Waals surface area contributed by atoms with Gasteiger partial charge in [0.2, 0.25) is 5.91 Å². The molecular weight excluding hydrogens is 294 g/mol. The second kappa shape index (κ2) is 8.04. The Labute approximate surface area is 137 Å². The number of rotatable bonds is 6. The van der Waals surface area contributed by atoms with Crippen molar-refractivity contribution >= 4 is 11.9 Å². The summed E-state index contributed by atoms with van der Waals surface area (Å²) >= 11 is 0. The van der Waals surface area contributed by atoms with E-state index < -0.39 is 0 Å². The lowest BCUT2D eigenvalue weighted by atomic mass is 10.1. The fraction of sp³-hybridized carbons (Fsp3) is 0.647. The fourth-order valence-electron chi connectivity index (χ4n) is 3.07. The van der Waals surface area contributed by atoms with Gasteiger partial charge in [0.1, 0.15) is 11.5 Å². The van der Waals surface area contributed by atoms with Gasteiger partial charge in [-0.3, -0.25) is 4.79 Å². The zero-order valence-corrected chi connectivity index (χ0v) is 14.2. The van der Waals surface area contributed by atoms with Crippen molar-refractivity contribution in [3.05, 3.63) is 23.2 Å². The smallest absolute Gasteiger partial charge is 0.315 e. The van der Waals surface area contributed by atoms with Crippen LogP contribution >= 0.6 is 0 Å². The van der Waals surface area contributed by atoms with E-state index >= 15 is 0 Å². The monoisotopic (exact) mass is 321 g/mol. The van der Waals surface area contributed by atoms with Gasteiger partial charge in [0.05, 0.1) is 6.04 Å². The van der Waals surface area contributed by atoms with Crippen LogP contribution in [0, 0.1) is 13.8 Å². The van der Waals surface area contributed by atoms with E-state index in [4.69, 9.17) is 4.42 Å². The van der Waals surface area contributed by atoms with Gasteiger partial charge in [-0.05, 0) is 39.7 Å². The molecule has 1 aliphatic rings. The standard InChI is InChI=1S/C17H27N3O3/c1-11-10-15(13(3)23-11)12(2)19-17(22)18-9-8-16(21)20-14-6-4-5-7-14/h10,12,14H,4-9H2,1-3H3,(H,20,21)(H2,18,19,22)/t12-/m1/s1. The van der Waals surface area contributed by atoms with Crippen molar-refractivity contribution in [2.24, 2.45) is 0 Å². The van der Waals surface area contributed by atoms with Crippen LogP contribution in [0.4, 0.5) is 4.79 Å². The Kier molecular flexibility index (Phi) is 6.07. The molecule has 1 saturated carbocycles. The Balaban J connectivity index is 1.66. The maximum Gasteiger partial charge on any atom is 0.315 e.